The van der Waals surface area contributed by atoms with Gasteiger partial charge < -0.3 is 5.11 Å². The highest BCUT2D eigenvalue weighted by atomic mass is 35.5. The lowest BCUT2D eigenvalue weighted by Gasteiger charge is -2.09. The van der Waals surface area contributed by atoms with Crippen molar-refractivity contribution in [3.05, 3.63) is 52.8 Å². The molecule has 1 aromatic carbocycles. The van der Waals surface area contributed by atoms with Gasteiger partial charge in [-0.25, -0.2) is 9.78 Å². The summed E-state index contributed by atoms with van der Waals surface area (Å²) in [4.78, 5) is 14.9. The maximum atomic E-state index is 11.1. The van der Waals surface area contributed by atoms with Crippen molar-refractivity contribution in [3.8, 4) is 11.1 Å². The van der Waals surface area contributed by atoms with Crippen LogP contribution in [0.5, 0.6) is 0 Å². The Hall–Kier alpha value is -1.87. The molecule has 86 valence electrons. The van der Waals surface area contributed by atoms with E-state index in [4.69, 9.17) is 16.7 Å². The van der Waals surface area contributed by atoms with Gasteiger partial charge in [0.15, 0.2) is 0 Å². The molecular weight excluding hydrogens is 238 g/mol. The Morgan fingerprint density at radius 3 is 2.65 bits per heavy atom. The van der Waals surface area contributed by atoms with Crippen molar-refractivity contribution in [1.29, 1.82) is 0 Å². The Morgan fingerprint density at radius 1 is 1.29 bits per heavy atom. The van der Waals surface area contributed by atoms with E-state index in [9.17, 15) is 4.79 Å². The first-order valence-electron chi connectivity index (χ1n) is 5.04. The first kappa shape index (κ1) is 11.6. The maximum Gasteiger partial charge on any atom is 0.337 e. The lowest BCUT2D eigenvalue weighted by atomic mass is 9.98. The molecule has 1 aromatic heterocycles. The molecule has 1 heterocycles. The SMILES string of the molecule is Cc1ccccc1-c1cc(Cl)ncc1C(=O)O. The summed E-state index contributed by atoms with van der Waals surface area (Å²) in [7, 11) is 0. The summed E-state index contributed by atoms with van der Waals surface area (Å²) in [5.41, 5.74) is 2.60. The second-order valence-electron chi connectivity index (χ2n) is 3.67. The van der Waals surface area contributed by atoms with Gasteiger partial charge in [-0.05, 0) is 24.1 Å². The van der Waals surface area contributed by atoms with Crippen molar-refractivity contribution >= 4 is 17.6 Å². The van der Waals surface area contributed by atoms with Gasteiger partial charge in [0.05, 0.1) is 5.56 Å². The van der Waals surface area contributed by atoms with Crippen LogP contribution in [0.15, 0.2) is 36.5 Å². The summed E-state index contributed by atoms with van der Waals surface area (Å²) in [6.45, 7) is 1.93. The zero-order valence-corrected chi connectivity index (χ0v) is 9.90. The predicted molar refractivity (Wildman–Crippen MR) is 66.4 cm³/mol. The molecule has 3 nitrogen and oxygen atoms in total. The van der Waals surface area contributed by atoms with Crippen molar-refractivity contribution in [2.24, 2.45) is 0 Å². The third-order valence-corrected chi connectivity index (χ3v) is 2.74. The Labute approximate surface area is 104 Å². The molecular formula is C13H10ClNO2. The van der Waals surface area contributed by atoms with E-state index in [0.29, 0.717) is 5.56 Å². The number of halogens is 1. The van der Waals surface area contributed by atoms with Crippen LogP contribution in [-0.4, -0.2) is 16.1 Å². The highest BCUT2D eigenvalue weighted by molar-refractivity contribution is 6.29. The van der Waals surface area contributed by atoms with E-state index in [1.165, 1.54) is 6.20 Å². The number of aryl methyl sites for hydroxylation is 1. The van der Waals surface area contributed by atoms with E-state index in [-0.39, 0.29) is 10.7 Å². The molecule has 0 radical (unpaired) electrons. The van der Waals surface area contributed by atoms with Crippen molar-refractivity contribution < 1.29 is 9.90 Å². The second kappa shape index (κ2) is 4.55. The van der Waals surface area contributed by atoms with E-state index in [1.54, 1.807) is 6.07 Å². The number of aromatic nitrogens is 1. The van der Waals surface area contributed by atoms with Crippen LogP contribution in [0.2, 0.25) is 5.15 Å². The Morgan fingerprint density at radius 2 is 2.00 bits per heavy atom. The average Bonchev–Trinajstić information content (AvgIpc) is 2.29. The summed E-state index contributed by atoms with van der Waals surface area (Å²) in [5.74, 6) is -1.01. The first-order valence-corrected chi connectivity index (χ1v) is 5.42. The number of hydrogen-bond donors (Lipinski definition) is 1. The number of hydrogen-bond acceptors (Lipinski definition) is 2. The third-order valence-electron chi connectivity index (χ3n) is 2.54. The third kappa shape index (κ3) is 2.29. The minimum Gasteiger partial charge on any atom is -0.478 e. The lowest BCUT2D eigenvalue weighted by molar-refractivity contribution is 0.0697. The normalized spacial score (nSPS) is 10.2. The van der Waals surface area contributed by atoms with Crippen molar-refractivity contribution in [1.82, 2.24) is 4.98 Å². The summed E-state index contributed by atoms with van der Waals surface area (Å²) in [5, 5.41) is 9.41. The molecule has 0 atom stereocenters. The molecule has 0 aliphatic heterocycles. The van der Waals surface area contributed by atoms with Crippen LogP contribution in [0.4, 0.5) is 0 Å². The molecule has 2 rings (SSSR count). The second-order valence-corrected chi connectivity index (χ2v) is 4.06. The van der Waals surface area contributed by atoms with Gasteiger partial charge >= 0.3 is 5.97 Å². The van der Waals surface area contributed by atoms with Crippen LogP contribution in [-0.2, 0) is 0 Å². The quantitative estimate of drug-likeness (QED) is 0.828. The molecule has 4 heteroatoms. The number of rotatable bonds is 2. The van der Waals surface area contributed by atoms with E-state index >= 15 is 0 Å². The van der Waals surface area contributed by atoms with Gasteiger partial charge in [-0.15, -0.1) is 0 Å². The zero-order valence-electron chi connectivity index (χ0n) is 9.14. The van der Waals surface area contributed by atoms with Gasteiger partial charge in [0.1, 0.15) is 5.15 Å². The molecule has 2 aromatic rings. The molecule has 0 saturated carbocycles. The summed E-state index contributed by atoms with van der Waals surface area (Å²) in [6.07, 6.45) is 1.28. The largest absolute Gasteiger partial charge is 0.478 e. The zero-order chi connectivity index (χ0) is 12.4. The smallest absolute Gasteiger partial charge is 0.337 e. The topological polar surface area (TPSA) is 50.2 Å². The molecule has 0 aliphatic carbocycles. The standard InChI is InChI=1S/C13H10ClNO2/c1-8-4-2-3-5-9(8)10-6-12(14)15-7-11(10)13(16)17/h2-7H,1H3,(H,16,17). The van der Waals surface area contributed by atoms with E-state index in [2.05, 4.69) is 4.98 Å². The van der Waals surface area contributed by atoms with Crippen molar-refractivity contribution in [3.63, 3.8) is 0 Å². The van der Waals surface area contributed by atoms with Crippen LogP contribution in [0.25, 0.3) is 11.1 Å². The number of carboxylic acids is 1. The summed E-state index contributed by atoms with van der Waals surface area (Å²) in [6, 6.07) is 9.14. The highest BCUT2D eigenvalue weighted by Gasteiger charge is 2.14. The molecule has 0 unspecified atom stereocenters. The molecule has 0 spiro atoms. The predicted octanol–water partition coefficient (Wildman–Crippen LogP) is 3.41. The van der Waals surface area contributed by atoms with Crippen LogP contribution >= 0.6 is 11.6 Å². The average molecular weight is 248 g/mol. The molecule has 17 heavy (non-hydrogen) atoms. The van der Waals surface area contributed by atoms with E-state index in [1.807, 2.05) is 31.2 Å². The first-order chi connectivity index (χ1) is 8.09. The number of benzene rings is 1. The Balaban J connectivity index is 2.70. The molecule has 0 bridgehead atoms. The lowest BCUT2D eigenvalue weighted by Crippen LogP contribution is -2.01. The Kier molecular flexibility index (Phi) is 3.11. The molecule has 0 fully saturated rings. The minimum atomic E-state index is -1.01. The van der Waals surface area contributed by atoms with E-state index in [0.717, 1.165) is 11.1 Å². The Bertz CT molecular complexity index is 581. The van der Waals surface area contributed by atoms with Crippen molar-refractivity contribution in [2.75, 3.05) is 0 Å². The van der Waals surface area contributed by atoms with Gasteiger partial charge in [-0.3, -0.25) is 0 Å². The monoisotopic (exact) mass is 247 g/mol. The minimum absolute atomic E-state index is 0.156. The fraction of sp³-hybridized carbons (Fsp3) is 0.0769. The van der Waals surface area contributed by atoms with Gasteiger partial charge in [-0.2, -0.15) is 0 Å². The maximum absolute atomic E-state index is 11.1. The van der Waals surface area contributed by atoms with Crippen molar-refractivity contribution in [2.45, 2.75) is 6.92 Å². The van der Waals surface area contributed by atoms with Gasteiger partial charge in [0, 0.05) is 11.8 Å². The van der Waals surface area contributed by atoms with Gasteiger partial charge in [-0.1, -0.05) is 35.9 Å². The molecule has 0 amide bonds. The number of carboxylic acid groups (broad SMARTS) is 1. The fourth-order valence-electron chi connectivity index (χ4n) is 1.70. The molecule has 0 saturated heterocycles. The summed E-state index contributed by atoms with van der Waals surface area (Å²) >= 11 is 5.82. The fourth-order valence-corrected chi connectivity index (χ4v) is 1.86. The van der Waals surface area contributed by atoms with Gasteiger partial charge in [0.2, 0.25) is 0 Å². The van der Waals surface area contributed by atoms with E-state index < -0.39 is 5.97 Å². The number of nitrogens with zero attached hydrogens (tertiary/aromatic N) is 1. The van der Waals surface area contributed by atoms with Crippen LogP contribution in [0.1, 0.15) is 15.9 Å². The van der Waals surface area contributed by atoms with Crippen LogP contribution in [0.3, 0.4) is 0 Å². The molecule has 0 aliphatic rings. The van der Waals surface area contributed by atoms with Gasteiger partial charge in [0.25, 0.3) is 0 Å². The number of carbonyl (C=O) groups is 1. The number of pyridine rings is 1. The highest BCUT2D eigenvalue weighted by Crippen LogP contribution is 2.28. The molecule has 1 N–H and O–H groups in total. The summed E-state index contributed by atoms with van der Waals surface area (Å²) < 4.78 is 0. The number of aromatic carboxylic acids is 1. The van der Waals surface area contributed by atoms with Crippen LogP contribution in [0, 0.1) is 6.92 Å². The van der Waals surface area contributed by atoms with Crippen LogP contribution < -0.4 is 0 Å².